The summed E-state index contributed by atoms with van der Waals surface area (Å²) in [6, 6.07) is 7.31. The van der Waals surface area contributed by atoms with Gasteiger partial charge in [-0.1, -0.05) is 0 Å². The molecule has 1 amide bonds. The summed E-state index contributed by atoms with van der Waals surface area (Å²) in [6.07, 6.45) is -0.547. The maximum Gasteiger partial charge on any atom is 0.412 e. The highest BCUT2D eigenvalue weighted by Gasteiger charge is 2.19. The first kappa shape index (κ1) is 15.8. The minimum atomic E-state index is -0.572. The number of amides is 1. The first-order valence-electron chi connectivity index (χ1n) is 6.34. The van der Waals surface area contributed by atoms with E-state index in [0.717, 1.165) is 0 Å². The lowest BCUT2D eigenvalue weighted by molar-refractivity contribution is 0.0636. The normalized spacial score (nSPS) is 12.2. The molecule has 0 bridgehead atoms. The third-order valence-electron chi connectivity index (χ3n) is 2.55. The monoisotopic (exact) mass is 276 g/mol. The van der Waals surface area contributed by atoms with Crippen LogP contribution in [0.15, 0.2) is 18.2 Å². The molecule has 0 spiro atoms. The van der Waals surface area contributed by atoms with Gasteiger partial charge in [-0.05, 0) is 51.5 Å². The molecule has 1 rings (SSSR count). The standard InChI is InChI=1S/C15H20N2O3/c1-10(9-16)12-8-11(19-5)6-7-13(12)17-14(18)20-15(2,3)4/h6-8,10H,1-5H3,(H,17,18). The van der Waals surface area contributed by atoms with Gasteiger partial charge in [0.05, 0.1) is 19.1 Å². The number of benzene rings is 1. The van der Waals surface area contributed by atoms with Crippen molar-refractivity contribution in [1.29, 1.82) is 5.26 Å². The average Bonchev–Trinajstić information content (AvgIpc) is 2.36. The Morgan fingerprint density at radius 1 is 1.40 bits per heavy atom. The largest absolute Gasteiger partial charge is 0.497 e. The lowest BCUT2D eigenvalue weighted by atomic mass is 10.0. The predicted molar refractivity (Wildman–Crippen MR) is 76.9 cm³/mol. The second kappa shape index (κ2) is 6.29. The quantitative estimate of drug-likeness (QED) is 0.914. The molecule has 1 aromatic carbocycles. The van der Waals surface area contributed by atoms with Crippen LogP contribution in [-0.4, -0.2) is 18.8 Å². The van der Waals surface area contributed by atoms with Crippen molar-refractivity contribution in [3.05, 3.63) is 23.8 Å². The fourth-order valence-corrected chi connectivity index (χ4v) is 1.62. The van der Waals surface area contributed by atoms with Gasteiger partial charge in [-0.15, -0.1) is 0 Å². The number of nitrogens with zero attached hydrogens (tertiary/aromatic N) is 1. The highest BCUT2D eigenvalue weighted by Crippen LogP contribution is 2.28. The van der Waals surface area contributed by atoms with Crippen molar-refractivity contribution in [2.75, 3.05) is 12.4 Å². The number of anilines is 1. The summed E-state index contributed by atoms with van der Waals surface area (Å²) >= 11 is 0. The molecule has 0 fully saturated rings. The number of hydrogen-bond donors (Lipinski definition) is 1. The number of hydrogen-bond acceptors (Lipinski definition) is 4. The van der Waals surface area contributed by atoms with Crippen LogP contribution in [0.4, 0.5) is 10.5 Å². The minimum Gasteiger partial charge on any atom is -0.497 e. The van der Waals surface area contributed by atoms with Crippen LogP contribution in [0.2, 0.25) is 0 Å². The minimum absolute atomic E-state index is 0.366. The highest BCUT2D eigenvalue weighted by atomic mass is 16.6. The summed E-state index contributed by atoms with van der Waals surface area (Å²) in [5, 5.41) is 11.7. The molecule has 0 aliphatic carbocycles. The maximum absolute atomic E-state index is 11.8. The lowest BCUT2D eigenvalue weighted by Crippen LogP contribution is -2.27. The van der Waals surface area contributed by atoms with E-state index in [1.165, 1.54) is 0 Å². The average molecular weight is 276 g/mol. The van der Waals surface area contributed by atoms with Gasteiger partial charge in [-0.2, -0.15) is 5.26 Å². The van der Waals surface area contributed by atoms with E-state index in [0.29, 0.717) is 17.0 Å². The number of ether oxygens (including phenoxy) is 2. The first-order chi connectivity index (χ1) is 9.26. The molecule has 20 heavy (non-hydrogen) atoms. The van der Waals surface area contributed by atoms with Crippen molar-refractivity contribution in [3.8, 4) is 11.8 Å². The molecule has 5 heteroatoms. The predicted octanol–water partition coefficient (Wildman–Crippen LogP) is 3.67. The van der Waals surface area contributed by atoms with Gasteiger partial charge in [0.15, 0.2) is 0 Å². The van der Waals surface area contributed by atoms with Crippen molar-refractivity contribution in [2.24, 2.45) is 0 Å². The van der Waals surface area contributed by atoms with E-state index in [4.69, 9.17) is 14.7 Å². The molecule has 0 heterocycles. The summed E-state index contributed by atoms with van der Waals surface area (Å²) in [6.45, 7) is 7.13. The Bertz CT molecular complexity index is 527. The zero-order valence-electron chi connectivity index (χ0n) is 12.5. The van der Waals surface area contributed by atoms with E-state index in [1.807, 2.05) is 0 Å². The van der Waals surface area contributed by atoms with Gasteiger partial charge in [0.2, 0.25) is 0 Å². The number of rotatable bonds is 3. The topological polar surface area (TPSA) is 71.3 Å². The Labute approximate surface area is 119 Å². The zero-order chi connectivity index (χ0) is 15.3. The Kier molecular flexibility index (Phi) is 4.98. The lowest BCUT2D eigenvalue weighted by Gasteiger charge is -2.21. The molecule has 0 aliphatic rings. The van der Waals surface area contributed by atoms with Crippen molar-refractivity contribution in [2.45, 2.75) is 39.2 Å². The molecule has 0 aromatic heterocycles. The molecule has 0 aliphatic heterocycles. The van der Waals surface area contributed by atoms with Crippen molar-refractivity contribution < 1.29 is 14.3 Å². The molecule has 5 nitrogen and oxygen atoms in total. The molecule has 1 atom stereocenters. The molecule has 0 radical (unpaired) electrons. The number of methoxy groups -OCH3 is 1. The molecule has 0 saturated carbocycles. The van der Waals surface area contributed by atoms with Gasteiger partial charge < -0.3 is 9.47 Å². The molecule has 1 unspecified atom stereocenters. The number of carbonyl (C=O) groups excluding carboxylic acids is 1. The van der Waals surface area contributed by atoms with Crippen LogP contribution in [0.5, 0.6) is 5.75 Å². The van der Waals surface area contributed by atoms with Crippen molar-refractivity contribution >= 4 is 11.8 Å². The Balaban J connectivity index is 3.00. The van der Waals surface area contributed by atoms with Crippen LogP contribution < -0.4 is 10.1 Å². The van der Waals surface area contributed by atoms with Crippen LogP contribution in [0.1, 0.15) is 39.2 Å². The van der Waals surface area contributed by atoms with Crippen molar-refractivity contribution in [3.63, 3.8) is 0 Å². The van der Waals surface area contributed by atoms with E-state index in [-0.39, 0.29) is 5.92 Å². The molecule has 108 valence electrons. The van der Waals surface area contributed by atoms with Gasteiger partial charge in [0.1, 0.15) is 11.4 Å². The SMILES string of the molecule is COc1ccc(NC(=O)OC(C)(C)C)c(C(C)C#N)c1. The second-order valence-corrected chi connectivity index (χ2v) is 5.43. The third kappa shape index (κ3) is 4.47. The van der Waals surface area contributed by atoms with E-state index in [2.05, 4.69) is 11.4 Å². The van der Waals surface area contributed by atoms with Crippen LogP contribution in [0, 0.1) is 11.3 Å². The summed E-state index contributed by atoms with van der Waals surface area (Å²) in [5.41, 5.74) is 0.671. The maximum atomic E-state index is 11.8. The zero-order valence-corrected chi connectivity index (χ0v) is 12.5. The van der Waals surface area contributed by atoms with E-state index < -0.39 is 11.7 Å². The summed E-state index contributed by atoms with van der Waals surface area (Å²) in [4.78, 5) is 11.8. The first-order valence-corrected chi connectivity index (χ1v) is 6.34. The third-order valence-corrected chi connectivity index (χ3v) is 2.55. The molecular formula is C15H20N2O3. The van der Waals surface area contributed by atoms with E-state index in [9.17, 15) is 4.79 Å². The van der Waals surface area contributed by atoms with Crippen LogP contribution in [0.3, 0.4) is 0 Å². The Hall–Kier alpha value is -2.22. The second-order valence-electron chi connectivity index (χ2n) is 5.43. The summed E-state index contributed by atoms with van der Waals surface area (Å²) in [7, 11) is 1.55. The van der Waals surface area contributed by atoms with Gasteiger partial charge in [0.25, 0.3) is 0 Å². The van der Waals surface area contributed by atoms with Crippen LogP contribution >= 0.6 is 0 Å². The number of carbonyl (C=O) groups is 1. The van der Waals surface area contributed by atoms with Gasteiger partial charge in [0, 0.05) is 5.69 Å². The van der Waals surface area contributed by atoms with Gasteiger partial charge in [-0.3, -0.25) is 5.32 Å². The molecule has 1 N–H and O–H groups in total. The number of nitrogens with one attached hydrogen (secondary N) is 1. The Morgan fingerprint density at radius 2 is 2.05 bits per heavy atom. The van der Waals surface area contributed by atoms with E-state index >= 15 is 0 Å². The summed E-state index contributed by atoms with van der Waals surface area (Å²) in [5.74, 6) is 0.270. The Morgan fingerprint density at radius 3 is 2.55 bits per heavy atom. The summed E-state index contributed by atoms with van der Waals surface area (Å²) < 4.78 is 10.3. The van der Waals surface area contributed by atoms with E-state index in [1.54, 1.807) is 53.0 Å². The molecule has 0 saturated heterocycles. The smallest absolute Gasteiger partial charge is 0.412 e. The van der Waals surface area contributed by atoms with Gasteiger partial charge >= 0.3 is 6.09 Å². The van der Waals surface area contributed by atoms with Crippen LogP contribution in [0.25, 0.3) is 0 Å². The molecular weight excluding hydrogens is 256 g/mol. The highest BCUT2D eigenvalue weighted by molar-refractivity contribution is 5.86. The fourth-order valence-electron chi connectivity index (χ4n) is 1.62. The van der Waals surface area contributed by atoms with Gasteiger partial charge in [-0.25, -0.2) is 4.79 Å². The fraction of sp³-hybridized carbons (Fsp3) is 0.467. The van der Waals surface area contributed by atoms with Crippen molar-refractivity contribution in [1.82, 2.24) is 0 Å². The number of nitriles is 1. The van der Waals surface area contributed by atoms with Crippen LogP contribution in [-0.2, 0) is 4.74 Å². The molecule has 1 aromatic rings.